The minimum atomic E-state index is -1.12. The predicted octanol–water partition coefficient (Wildman–Crippen LogP) is -1.40. The first-order chi connectivity index (χ1) is 6.02. The fourth-order valence-corrected chi connectivity index (χ4v) is 0.940. The number of aromatic nitrogens is 2. The zero-order valence-electron chi connectivity index (χ0n) is 7.17. The largest absolute Gasteiger partial charge is 0.480 e. The lowest BCUT2D eigenvalue weighted by Gasteiger charge is -2.05. The number of hydrogen-bond donors (Lipinski definition) is 2. The van der Waals surface area contributed by atoms with Crippen LogP contribution in [0.15, 0.2) is 17.2 Å². The molecule has 1 rings (SSSR count). The van der Waals surface area contributed by atoms with E-state index in [-0.39, 0.29) is 12.2 Å². The van der Waals surface area contributed by atoms with E-state index in [1.165, 1.54) is 15.3 Å². The summed E-state index contributed by atoms with van der Waals surface area (Å²) in [6.45, 7) is -0.00495. The van der Waals surface area contributed by atoms with Gasteiger partial charge in [-0.25, -0.2) is 4.79 Å². The Bertz CT molecular complexity index is 365. The van der Waals surface area contributed by atoms with E-state index in [0.717, 1.165) is 0 Å². The Labute approximate surface area is 74.2 Å². The number of carbonyl (C=O) groups is 1. The Hall–Kier alpha value is -1.56. The number of carboxylic acids is 1. The second-order valence-electron chi connectivity index (χ2n) is 2.79. The molecule has 1 atom stereocenters. The average molecular weight is 185 g/mol. The molecule has 72 valence electrons. The van der Waals surface area contributed by atoms with Gasteiger partial charge < -0.3 is 15.4 Å². The number of carboxylic acid groups (broad SMARTS) is 1. The molecule has 0 aliphatic carbocycles. The van der Waals surface area contributed by atoms with E-state index in [1.54, 1.807) is 13.2 Å². The monoisotopic (exact) mass is 185 g/mol. The van der Waals surface area contributed by atoms with E-state index in [4.69, 9.17) is 10.8 Å². The molecular formula is C7H11N3O3. The highest BCUT2D eigenvalue weighted by Gasteiger charge is 2.13. The standard InChI is InChI=1S/C7H11N3O3/c1-9-2-3-10(7(9)13)4-5(8)6(11)12/h2-3,5H,4,8H2,1H3,(H,11,12). The molecule has 0 saturated carbocycles. The molecule has 1 unspecified atom stereocenters. The Morgan fingerprint density at radius 3 is 2.69 bits per heavy atom. The maximum Gasteiger partial charge on any atom is 0.327 e. The van der Waals surface area contributed by atoms with Crippen molar-refractivity contribution < 1.29 is 9.90 Å². The molecule has 0 bridgehead atoms. The minimum absolute atomic E-state index is 0.00495. The smallest absolute Gasteiger partial charge is 0.327 e. The summed E-state index contributed by atoms with van der Waals surface area (Å²) in [5.74, 6) is -1.12. The van der Waals surface area contributed by atoms with Crippen molar-refractivity contribution in [2.45, 2.75) is 12.6 Å². The molecule has 0 aliphatic rings. The van der Waals surface area contributed by atoms with E-state index in [2.05, 4.69) is 0 Å². The lowest BCUT2D eigenvalue weighted by Crippen LogP contribution is -2.37. The quantitative estimate of drug-likeness (QED) is 0.606. The van der Waals surface area contributed by atoms with E-state index in [1.807, 2.05) is 0 Å². The van der Waals surface area contributed by atoms with E-state index in [9.17, 15) is 9.59 Å². The van der Waals surface area contributed by atoms with Crippen LogP contribution in [0, 0.1) is 0 Å². The van der Waals surface area contributed by atoms with Gasteiger partial charge >= 0.3 is 11.7 Å². The van der Waals surface area contributed by atoms with Gasteiger partial charge in [0.15, 0.2) is 0 Å². The molecule has 3 N–H and O–H groups in total. The molecule has 0 amide bonds. The Morgan fingerprint density at radius 2 is 2.31 bits per heavy atom. The zero-order chi connectivity index (χ0) is 10.0. The third-order valence-electron chi connectivity index (χ3n) is 1.73. The van der Waals surface area contributed by atoms with Crippen molar-refractivity contribution in [3.63, 3.8) is 0 Å². The summed E-state index contributed by atoms with van der Waals surface area (Å²) in [4.78, 5) is 21.6. The summed E-state index contributed by atoms with van der Waals surface area (Å²) in [6.07, 6.45) is 3.06. The molecule has 0 aliphatic heterocycles. The molecule has 1 aromatic heterocycles. The first-order valence-electron chi connectivity index (χ1n) is 3.72. The van der Waals surface area contributed by atoms with Crippen LogP contribution in [0.25, 0.3) is 0 Å². The van der Waals surface area contributed by atoms with Crippen LogP contribution in [0.2, 0.25) is 0 Å². The van der Waals surface area contributed by atoms with Crippen molar-refractivity contribution in [1.29, 1.82) is 0 Å². The van der Waals surface area contributed by atoms with Gasteiger partial charge in [-0.15, -0.1) is 0 Å². The SMILES string of the molecule is Cn1ccn(CC(N)C(=O)O)c1=O. The summed E-state index contributed by atoms with van der Waals surface area (Å²) >= 11 is 0. The van der Waals surface area contributed by atoms with Gasteiger partial charge in [-0.3, -0.25) is 9.36 Å². The molecule has 0 radical (unpaired) electrons. The van der Waals surface area contributed by atoms with Crippen molar-refractivity contribution in [3.8, 4) is 0 Å². The van der Waals surface area contributed by atoms with Crippen molar-refractivity contribution in [1.82, 2.24) is 9.13 Å². The highest BCUT2D eigenvalue weighted by Crippen LogP contribution is 1.87. The van der Waals surface area contributed by atoms with Crippen molar-refractivity contribution in [3.05, 3.63) is 22.9 Å². The van der Waals surface area contributed by atoms with Gasteiger partial charge in [-0.05, 0) is 0 Å². The molecular weight excluding hydrogens is 174 g/mol. The number of aliphatic carboxylic acids is 1. The molecule has 1 heterocycles. The zero-order valence-corrected chi connectivity index (χ0v) is 7.17. The number of aryl methyl sites for hydroxylation is 1. The molecule has 0 fully saturated rings. The molecule has 1 aromatic rings. The molecule has 6 heteroatoms. The summed E-state index contributed by atoms with van der Waals surface area (Å²) in [6, 6.07) is -1.04. The summed E-state index contributed by atoms with van der Waals surface area (Å²) < 4.78 is 2.62. The normalized spacial score (nSPS) is 12.8. The topological polar surface area (TPSA) is 90.2 Å². The number of nitrogens with two attached hydrogens (primary N) is 1. The van der Waals surface area contributed by atoms with E-state index < -0.39 is 12.0 Å². The first-order valence-corrected chi connectivity index (χ1v) is 3.72. The van der Waals surface area contributed by atoms with Crippen LogP contribution in [-0.2, 0) is 18.4 Å². The number of rotatable bonds is 3. The lowest BCUT2D eigenvalue weighted by atomic mass is 10.3. The van der Waals surface area contributed by atoms with Crippen molar-refractivity contribution in [2.75, 3.05) is 0 Å². The van der Waals surface area contributed by atoms with E-state index >= 15 is 0 Å². The maximum absolute atomic E-state index is 11.2. The number of nitrogens with zero attached hydrogens (tertiary/aromatic N) is 2. The molecule has 0 saturated heterocycles. The molecule has 0 spiro atoms. The third kappa shape index (κ3) is 1.97. The molecule has 0 aromatic carbocycles. The van der Waals surface area contributed by atoms with Crippen LogP contribution >= 0.6 is 0 Å². The van der Waals surface area contributed by atoms with Gasteiger partial charge in [-0.2, -0.15) is 0 Å². The van der Waals surface area contributed by atoms with Crippen LogP contribution in [0.3, 0.4) is 0 Å². The van der Waals surface area contributed by atoms with Crippen LogP contribution in [-0.4, -0.2) is 26.3 Å². The van der Waals surface area contributed by atoms with Gasteiger partial charge in [-0.1, -0.05) is 0 Å². The molecule has 13 heavy (non-hydrogen) atoms. The van der Waals surface area contributed by atoms with Crippen LogP contribution < -0.4 is 11.4 Å². The lowest BCUT2D eigenvalue weighted by molar-refractivity contribution is -0.138. The summed E-state index contributed by atoms with van der Waals surface area (Å²) in [5, 5.41) is 8.49. The fraction of sp³-hybridized carbons (Fsp3) is 0.429. The Kier molecular flexibility index (Phi) is 2.52. The minimum Gasteiger partial charge on any atom is -0.480 e. The highest BCUT2D eigenvalue weighted by molar-refractivity contribution is 5.72. The van der Waals surface area contributed by atoms with Crippen molar-refractivity contribution >= 4 is 5.97 Å². The van der Waals surface area contributed by atoms with Crippen LogP contribution in [0.1, 0.15) is 0 Å². The Morgan fingerprint density at radius 1 is 1.69 bits per heavy atom. The fourth-order valence-electron chi connectivity index (χ4n) is 0.940. The van der Waals surface area contributed by atoms with Gasteiger partial charge in [0, 0.05) is 19.4 Å². The Balaban J connectivity index is 2.81. The van der Waals surface area contributed by atoms with E-state index in [0.29, 0.717) is 0 Å². The third-order valence-corrected chi connectivity index (χ3v) is 1.73. The molecule has 6 nitrogen and oxygen atoms in total. The first kappa shape index (κ1) is 9.53. The van der Waals surface area contributed by atoms with Crippen LogP contribution in [0.4, 0.5) is 0 Å². The number of hydrogen-bond acceptors (Lipinski definition) is 3. The second-order valence-corrected chi connectivity index (χ2v) is 2.79. The van der Waals surface area contributed by atoms with Gasteiger partial charge in [0.1, 0.15) is 6.04 Å². The van der Waals surface area contributed by atoms with Crippen LogP contribution in [0.5, 0.6) is 0 Å². The second kappa shape index (κ2) is 3.44. The van der Waals surface area contributed by atoms with Gasteiger partial charge in [0.2, 0.25) is 0 Å². The number of imidazole rings is 1. The highest BCUT2D eigenvalue weighted by atomic mass is 16.4. The summed E-state index contributed by atoms with van der Waals surface area (Å²) in [5.41, 5.74) is 4.99. The predicted molar refractivity (Wildman–Crippen MR) is 45.3 cm³/mol. The van der Waals surface area contributed by atoms with Crippen molar-refractivity contribution in [2.24, 2.45) is 12.8 Å². The summed E-state index contributed by atoms with van der Waals surface area (Å²) in [7, 11) is 1.59. The average Bonchev–Trinajstić information content (AvgIpc) is 2.36. The van der Waals surface area contributed by atoms with Gasteiger partial charge in [0.05, 0.1) is 6.54 Å². The maximum atomic E-state index is 11.2. The van der Waals surface area contributed by atoms with Gasteiger partial charge in [0.25, 0.3) is 0 Å².